The molecule has 2 aliphatic heterocycles. The highest BCUT2D eigenvalue weighted by molar-refractivity contribution is 7.91. The lowest BCUT2D eigenvalue weighted by Crippen LogP contribution is -2.48. The third-order valence-electron chi connectivity index (χ3n) is 6.44. The smallest absolute Gasteiger partial charge is 0.252 e. The first kappa shape index (κ1) is 25.9. The van der Waals surface area contributed by atoms with E-state index >= 15 is 0 Å². The fourth-order valence-corrected chi connectivity index (χ4v) is 8.83. The Labute approximate surface area is 223 Å². The lowest BCUT2D eigenvalue weighted by atomic mass is 9.98. The first-order valence-corrected chi connectivity index (χ1v) is 15.5. The molecule has 194 valence electrons. The summed E-state index contributed by atoms with van der Waals surface area (Å²) in [5.74, 6) is 0.189. The minimum Gasteiger partial charge on any atom is -0.494 e. The Kier molecular flexibility index (Phi) is 7.85. The summed E-state index contributed by atoms with van der Waals surface area (Å²) >= 11 is 8.46. The standard InChI is InChI=1S/C24H28ClN3O5S3/c1-2-32-17-7-8-19-20(13-17)34-24(26-19)28(15-18-6-4-12-33-18)23(29)16-5-3-11-27(14-16)36(30,31)22-10-9-21(25)35-22/h7-10,13,16,18H,2-6,11-12,14-15H2,1H3. The third kappa shape index (κ3) is 5.41. The van der Waals surface area contributed by atoms with Crippen molar-refractivity contribution in [2.75, 3.05) is 37.7 Å². The van der Waals surface area contributed by atoms with Crippen molar-refractivity contribution in [3.63, 3.8) is 0 Å². The van der Waals surface area contributed by atoms with Gasteiger partial charge in [0.2, 0.25) is 5.91 Å². The Morgan fingerprint density at radius 3 is 2.83 bits per heavy atom. The van der Waals surface area contributed by atoms with Crippen molar-refractivity contribution in [1.29, 1.82) is 0 Å². The normalized spacial score (nSPS) is 21.2. The summed E-state index contributed by atoms with van der Waals surface area (Å²) in [6.45, 7) is 4.11. The topological polar surface area (TPSA) is 89.0 Å². The minimum atomic E-state index is -3.71. The zero-order chi connectivity index (χ0) is 25.3. The number of piperidine rings is 1. The summed E-state index contributed by atoms with van der Waals surface area (Å²) in [5, 5.41) is 0.601. The van der Waals surface area contributed by atoms with Gasteiger partial charge in [0, 0.05) is 19.7 Å². The molecule has 1 amide bonds. The molecular formula is C24H28ClN3O5S3. The van der Waals surface area contributed by atoms with Crippen LogP contribution in [0, 0.1) is 5.92 Å². The Hall–Kier alpha value is -1.76. The van der Waals surface area contributed by atoms with Crippen molar-refractivity contribution in [3.8, 4) is 5.75 Å². The molecule has 2 saturated heterocycles. The van der Waals surface area contributed by atoms with Crippen LogP contribution in [0.15, 0.2) is 34.5 Å². The predicted molar refractivity (Wildman–Crippen MR) is 143 cm³/mol. The van der Waals surface area contributed by atoms with Crippen molar-refractivity contribution >= 4 is 65.6 Å². The van der Waals surface area contributed by atoms with Gasteiger partial charge in [-0.25, -0.2) is 13.4 Å². The van der Waals surface area contributed by atoms with E-state index in [0.717, 1.165) is 40.1 Å². The highest BCUT2D eigenvalue weighted by Crippen LogP contribution is 2.35. The first-order valence-electron chi connectivity index (χ1n) is 12.1. The summed E-state index contributed by atoms with van der Waals surface area (Å²) in [7, 11) is -3.71. The Morgan fingerprint density at radius 1 is 1.25 bits per heavy atom. The molecule has 4 heterocycles. The van der Waals surface area contributed by atoms with E-state index in [2.05, 4.69) is 0 Å². The van der Waals surface area contributed by atoms with Crippen LogP contribution >= 0.6 is 34.3 Å². The summed E-state index contributed by atoms with van der Waals surface area (Å²) in [4.78, 5) is 20.4. The molecule has 2 atom stereocenters. The molecular weight excluding hydrogens is 542 g/mol. The summed E-state index contributed by atoms with van der Waals surface area (Å²) in [6, 6.07) is 8.82. The maximum atomic E-state index is 13.9. The number of fused-ring (bicyclic) bond motifs is 1. The van der Waals surface area contributed by atoms with E-state index in [1.165, 1.54) is 21.7 Å². The molecule has 2 fully saturated rings. The van der Waals surface area contributed by atoms with Crippen LogP contribution in [-0.4, -0.2) is 62.6 Å². The van der Waals surface area contributed by atoms with Gasteiger partial charge < -0.3 is 9.47 Å². The number of thiazole rings is 1. The van der Waals surface area contributed by atoms with E-state index in [1.807, 2.05) is 25.1 Å². The maximum absolute atomic E-state index is 13.9. The van der Waals surface area contributed by atoms with Crippen LogP contribution in [0.1, 0.15) is 32.6 Å². The maximum Gasteiger partial charge on any atom is 0.252 e. The Morgan fingerprint density at radius 2 is 2.11 bits per heavy atom. The second-order valence-electron chi connectivity index (χ2n) is 8.90. The molecule has 0 spiro atoms. The Bertz CT molecular complexity index is 1340. The molecule has 2 aromatic heterocycles. The Balaban J connectivity index is 1.41. The number of carbonyl (C=O) groups excluding carboxylic acids is 1. The molecule has 0 bridgehead atoms. The van der Waals surface area contributed by atoms with Gasteiger partial charge in [0.05, 0.1) is 39.7 Å². The van der Waals surface area contributed by atoms with Gasteiger partial charge >= 0.3 is 0 Å². The first-order chi connectivity index (χ1) is 17.3. The molecule has 2 unspecified atom stereocenters. The lowest BCUT2D eigenvalue weighted by molar-refractivity contribution is -0.123. The second-order valence-corrected chi connectivity index (χ2v) is 13.8. The van der Waals surface area contributed by atoms with Crippen molar-refractivity contribution in [1.82, 2.24) is 9.29 Å². The van der Waals surface area contributed by atoms with Crippen molar-refractivity contribution in [2.45, 2.75) is 42.9 Å². The van der Waals surface area contributed by atoms with Crippen LogP contribution in [0.25, 0.3) is 10.2 Å². The number of amides is 1. The van der Waals surface area contributed by atoms with Gasteiger partial charge in [-0.15, -0.1) is 11.3 Å². The van der Waals surface area contributed by atoms with E-state index in [1.54, 1.807) is 11.0 Å². The molecule has 36 heavy (non-hydrogen) atoms. The van der Waals surface area contributed by atoms with Gasteiger partial charge in [-0.2, -0.15) is 4.31 Å². The van der Waals surface area contributed by atoms with Crippen molar-refractivity contribution in [2.24, 2.45) is 5.92 Å². The van der Waals surface area contributed by atoms with Crippen LogP contribution < -0.4 is 9.64 Å². The van der Waals surface area contributed by atoms with Crippen LogP contribution in [0.3, 0.4) is 0 Å². The number of nitrogens with zero attached hydrogens (tertiary/aromatic N) is 3. The minimum absolute atomic E-state index is 0.0587. The lowest BCUT2D eigenvalue weighted by Gasteiger charge is -2.34. The van der Waals surface area contributed by atoms with Gasteiger partial charge in [0.1, 0.15) is 9.96 Å². The van der Waals surface area contributed by atoms with Crippen LogP contribution in [-0.2, 0) is 19.6 Å². The molecule has 0 radical (unpaired) electrons. The third-order valence-corrected chi connectivity index (χ3v) is 11.0. The van der Waals surface area contributed by atoms with E-state index in [9.17, 15) is 13.2 Å². The predicted octanol–water partition coefficient (Wildman–Crippen LogP) is 5.02. The number of thiophene rings is 1. The second kappa shape index (κ2) is 10.9. The van der Waals surface area contributed by atoms with Gasteiger partial charge in [-0.3, -0.25) is 9.69 Å². The van der Waals surface area contributed by atoms with Crippen molar-refractivity contribution < 1.29 is 22.7 Å². The number of rotatable bonds is 8. The number of hydrogen-bond donors (Lipinski definition) is 0. The van der Waals surface area contributed by atoms with Gasteiger partial charge in [0.25, 0.3) is 10.0 Å². The van der Waals surface area contributed by atoms with Crippen LogP contribution in [0.2, 0.25) is 4.34 Å². The number of benzene rings is 1. The summed E-state index contributed by atoms with van der Waals surface area (Å²) in [6.07, 6.45) is 3.02. The number of ether oxygens (including phenoxy) is 2. The fourth-order valence-electron chi connectivity index (χ4n) is 4.67. The zero-order valence-corrected chi connectivity index (χ0v) is 23.1. The number of carbonyl (C=O) groups is 1. The molecule has 8 nitrogen and oxygen atoms in total. The van der Waals surface area contributed by atoms with Crippen molar-refractivity contribution in [3.05, 3.63) is 34.7 Å². The number of anilines is 1. The molecule has 5 rings (SSSR count). The monoisotopic (exact) mass is 569 g/mol. The number of halogens is 1. The highest BCUT2D eigenvalue weighted by Gasteiger charge is 2.37. The van der Waals surface area contributed by atoms with Gasteiger partial charge in [-0.1, -0.05) is 22.9 Å². The molecule has 12 heteroatoms. The summed E-state index contributed by atoms with van der Waals surface area (Å²) < 4.78 is 40.8. The molecule has 1 aromatic carbocycles. The molecule has 3 aromatic rings. The van der Waals surface area contributed by atoms with Gasteiger partial charge in [-0.05, 0) is 62.9 Å². The van der Waals surface area contributed by atoms with Crippen LogP contribution in [0.5, 0.6) is 5.75 Å². The number of sulfonamides is 1. The van der Waals surface area contributed by atoms with E-state index < -0.39 is 15.9 Å². The SMILES string of the molecule is CCOc1ccc2nc(N(CC3CCCO3)C(=O)C3CCCN(S(=O)(=O)c4ccc(Cl)s4)C3)sc2c1. The van der Waals surface area contributed by atoms with Gasteiger partial charge in [0.15, 0.2) is 5.13 Å². The molecule has 0 aliphatic carbocycles. The molecule has 0 saturated carbocycles. The zero-order valence-electron chi connectivity index (χ0n) is 19.9. The quantitative estimate of drug-likeness (QED) is 0.378. The van der Waals surface area contributed by atoms with E-state index in [-0.39, 0.29) is 22.8 Å². The highest BCUT2D eigenvalue weighted by atomic mass is 35.5. The van der Waals surface area contributed by atoms with E-state index in [0.29, 0.717) is 48.6 Å². The molecule has 0 N–H and O–H groups in total. The average Bonchev–Trinajstić information content (AvgIpc) is 3.63. The number of hydrogen-bond acceptors (Lipinski definition) is 8. The van der Waals surface area contributed by atoms with Crippen LogP contribution in [0.4, 0.5) is 5.13 Å². The van der Waals surface area contributed by atoms with E-state index in [4.69, 9.17) is 26.1 Å². The fraction of sp³-hybridized carbons (Fsp3) is 0.500. The summed E-state index contributed by atoms with van der Waals surface area (Å²) in [5.41, 5.74) is 0.797. The number of aromatic nitrogens is 1. The largest absolute Gasteiger partial charge is 0.494 e. The molecule has 2 aliphatic rings. The average molecular weight is 570 g/mol.